The van der Waals surface area contributed by atoms with Crippen molar-refractivity contribution in [2.75, 3.05) is 13.1 Å². The van der Waals surface area contributed by atoms with Crippen LogP contribution in [0.15, 0.2) is 30.3 Å². The molecule has 0 unspecified atom stereocenters. The highest BCUT2D eigenvalue weighted by molar-refractivity contribution is 5.83. The monoisotopic (exact) mass is 300 g/mol. The first-order valence-electron chi connectivity index (χ1n) is 8.31. The van der Waals surface area contributed by atoms with Crippen LogP contribution >= 0.6 is 0 Å². The van der Waals surface area contributed by atoms with Gasteiger partial charge in [0.1, 0.15) is 0 Å². The minimum absolute atomic E-state index is 0.123. The maximum atomic E-state index is 12.5. The third-order valence-electron chi connectivity index (χ3n) is 4.69. The average molecular weight is 300 g/mol. The molecule has 1 saturated carbocycles. The van der Waals surface area contributed by atoms with Crippen LogP contribution in [-0.2, 0) is 16.1 Å². The molecule has 2 fully saturated rings. The number of nitrogens with zero attached hydrogens (tertiary/aromatic N) is 2. The van der Waals surface area contributed by atoms with E-state index in [2.05, 4.69) is 19.1 Å². The summed E-state index contributed by atoms with van der Waals surface area (Å²) in [7, 11) is 0. The molecule has 118 valence electrons. The highest BCUT2D eigenvalue weighted by Gasteiger charge is 2.37. The summed E-state index contributed by atoms with van der Waals surface area (Å²) in [6, 6.07) is 10.2. The molecule has 0 aromatic heterocycles. The van der Waals surface area contributed by atoms with Crippen LogP contribution in [0, 0.1) is 5.92 Å². The van der Waals surface area contributed by atoms with Gasteiger partial charge in [-0.15, -0.1) is 0 Å². The van der Waals surface area contributed by atoms with Crippen molar-refractivity contribution in [2.45, 2.75) is 45.2 Å². The molecule has 3 rings (SSSR count). The molecule has 1 heterocycles. The molecule has 0 N–H and O–H groups in total. The molecule has 0 spiro atoms. The Hall–Kier alpha value is -1.84. The number of amides is 2. The third kappa shape index (κ3) is 3.32. The molecule has 1 aliphatic heterocycles. The smallest absolute Gasteiger partial charge is 0.225 e. The maximum absolute atomic E-state index is 12.5. The first-order chi connectivity index (χ1) is 10.7. The summed E-state index contributed by atoms with van der Waals surface area (Å²) in [6.07, 6.45) is 3.37. The lowest BCUT2D eigenvalue weighted by atomic mass is 10.1. The summed E-state index contributed by atoms with van der Waals surface area (Å²) < 4.78 is 0. The third-order valence-corrected chi connectivity index (χ3v) is 4.69. The van der Waals surface area contributed by atoms with Gasteiger partial charge in [0.25, 0.3) is 0 Å². The van der Waals surface area contributed by atoms with Gasteiger partial charge in [-0.25, -0.2) is 0 Å². The second-order valence-electron chi connectivity index (χ2n) is 6.38. The predicted octanol–water partition coefficient (Wildman–Crippen LogP) is 2.44. The van der Waals surface area contributed by atoms with Gasteiger partial charge < -0.3 is 9.80 Å². The number of hydrogen-bond donors (Lipinski definition) is 0. The lowest BCUT2D eigenvalue weighted by Crippen LogP contribution is -2.44. The number of carbonyl (C=O) groups excluding carboxylic acids is 2. The normalized spacial score (nSPS) is 22.6. The van der Waals surface area contributed by atoms with Crippen LogP contribution in [0.5, 0.6) is 0 Å². The summed E-state index contributed by atoms with van der Waals surface area (Å²) in [6.45, 7) is 4.01. The van der Waals surface area contributed by atoms with Crippen LogP contribution in [0.4, 0.5) is 0 Å². The van der Waals surface area contributed by atoms with Gasteiger partial charge in [0.05, 0.1) is 0 Å². The number of benzene rings is 1. The molecule has 0 bridgehead atoms. The Labute approximate surface area is 132 Å². The van der Waals surface area contributed by atoms with Gasteiger partial charge in [-0.05, 0) is 24.8 Å². The van der Waals surface area contributed by atoms with E-state index in [1.807, 2.05) is 28.0 Å². The first kappa shape index (κ1) is 15.1. The molecule has 4 heteroatoms. The minimum Gasteiger partial charge on any atom is -0.340 e. The van der Waals surface area contributed by atoms with E-state index in [0.717, 1.165) is 24.8 Å². The van der Waals surface area contributed by atoms with Crippen molar-refractivity contribution in [3.8, 4) is 0 Å². The molecule has 1 aromatic carbocycles. The van der Waals surface area contributed by atoms with Crippen molar-refractivity contribution in [3.05, 3.63) is 35.9 Å². The van der Waals surface area contributed by atoms with Gasteiger partial charge in [-0.2, -0.15) is 0 Å². The fourth-order valence-electron chi connectivity index (χ4n) is 3.16. The highest BCUT2D eigenvalue weighted by atomic mass is 16.2. The van der Waals surface area contributed by atoms with Gasteiger partial charge >= 0.3 is 0 Å². The zero-order valence-electron chi connectivity index (χ0n) is 13.2. The Morgan fingerprint density at radius 1 is 1.23 bits per heavy atom. The van der Waals surface area contributed by atoms with Crippen molar-refractivity contribution in [1.82, 2.24) is 9.80 Å². The summed E-state index contributed by atoms with van der Waals surface area (Å²) in [5.74, 6) is 0.655. The van der Waals surface area contributed by atoms with Crippen molar-refractivity contribution in [2.24, 2.45) is 5.92 Å². The summed E-state index contributed by atoms with van der Waals surface area (Å²) in [5, 5.41) is 0. The zero-order chi connectivity index (χ0) is 15.5. The Morgan fingerprint density at radius 2 is 1.95 bits per heavy atom. The highest BCUT2D eigenvalue weighted by Crippen LogP contribution is 2.32. The van der Waals surface area contributed by atoms with Crippen molar-refractivity contribution < 1.29 is 9.59 Å². The van der Waals surface area contributed by atoms with E-state index in [-0.39, 0.29) is 23.8 Å². The minimum atomic E-state index is 0.123. The van der Waals surface area contributed by atoms with Crippen LogP contribution in [-0.4, -0.2) is 40.7 Å². The van der Waals surface area contributed by atoms with E-state index in [1.165, 1.54) is 0 Å². The van der Waals surface area contributed by atoms with Crippen LogP contribution in [0.1, 0.15) is 38.2 Å². The Balaban J connectivity index is 1.73. The van der Waals surface area contributed by atoms with Gasteiger partial charge in [0, 0.05) is 38.0 Å². The van der Waals surface area contributed by atoms with E-state index in [0.29, 0.717) is 26.1 Å². The number of rotatable bonds is 4. The molecule has 1 aliphatic carbocycles. The molecule has 2 amide bonds. The van der Waals surface area contributed by atoms with E-state index >= 15 is 0 Å². The van der Waals surface area contributed by atoms with Gasteiger partial charge in [0.2, 0.25) is 11.8 Å². The van der Waals surface area contributed by atoms with Gasteiger partial charge in [0.15, 0.2) is 0 Å². The fourth-order valence-corrected chi connectivity index (χ4v) is 3.16. The van der Waals surface area contributed by atoms with Crippen LogP contribution < -0.4 is 0 Å². The van der Waals surface area contributed by atoms with Crippen LogP contribution in [0.25, 0.3) is 0 Å². The standard InChI is InChI=1S/C18H24N2O2/c1-2-16-13-19(18(22)15-8-9-15)11-10-17(21)20(16)12-14-6-4-3-5-7-14/h3-7,15-16H,2,8-13H2,1H3/t16-/m1/s1. The van der Waals surface area contributed by atoms with Gasteiger partial charge in [-0.3, -0.25) is 9.59 Å². The number of hydrogen-bond acceptors (Lipinski definition) is 2. The van der Waals surface area contributed by atoms with E-state index in [1.54, 1.807) is 0 Å². The molecule has 4 nitrogen and oxygen atoms in total. The molecule has 1 atom stereocenters. The average Bonchev–Trinajstić information content (AvgIpc) is 3.38. The van der Waals surface area contributed by atoms with E-state index < -0.39 is 0 Å². The van der Waals surface area contributed by atoms with E-state index in [9.17, 15) is 9.59 Å². The maximum Gasteiger partial charge on any atom is 0.225 e. The van der Waals surface area contributed by atoms with Crippen molar-refractivity contribution >= 4 is 11.8 Å². The van der Waals surface area contributed by atoms with Gasteiger partial charge in [-0.1, -0.05) is 37.3 Å². The molecule has 0 radical (unpaired) electrons. The SMILES string of the molecule is CC[C@@H]1CN(C(=O)C2CC2)CCC(=O)N1Cc1ccccc1. The Morgan fingerprint density at radius 3 is 2.59 bits per heavy atom. The second-order valence-corrected chi connectivity index (χ2v) is 6.38. The lowest BCUT2D eigenvalue weighted by Gasteiger charge is -2.31. The quantitative estimate of drug-likeness (QED) is 0.857. The van der Waals surface area contributed by atoms with Crippen molar-refractivity contribution in [3.63, 3.8) is 0 Å². The molecule has 1 aromatic rings. The summed E-state index contributed by atoms with van der Waals surface area (Å²) >= 11 is 0. The zero-order valence-corrected chi connectivity index (χ0v) is 13.2. The first-order valence-corrected chi connectivity index (χ1v) is 8.31. The molecule has 2 aliphatic rings. The lowest BCUT2D eigenvalue weighted by molar-refractivity contribution is -0.134. The topological polar surface area (TPSA) is 40.6 Å². The largest absolute Gasteiger partial charge is 0.340 e. The van der Waals surface area contributed by atoms with Crippen molar-refractivity contribution in [1.29, 1.82) is 0 Å². The number of carbonyl (C=O) groups is 2. The molecule has 1 saturated heterocycles. The van der Waals surface area contributed by atoms with Crippen LogP contribution in [0.2, 0.25) is 0 Å². The molecular formula is C18H24N2O2. The van der Waals surface area contributed by atoms with E-state index in [4.69, 9.17) is 0 Å². The summed E-state index contributed by atoms with van der Waals surface area (Å²) in [5.41, 5.74) is 1.15. The second kappa shape index (κ2) is 6.51. The Kier molecular flexibility index (Phi) is 4.46. The summed E-state index contributed by atoms with van der Waals surface area (Å²) in [4.78, 5) is 28.8. The fraction of sp³-hybridized carbons (Fsp3) is 0.556. The molecule has 22 heavy (non-hydrogen) atoms. The predicted molar refractivity (Wildman–Crippen MR) is 85.0 cm³/mol. The van der Waals surface area contributed by atoms with Crippen LogP contribution in [0.3, 0.4) is 0 Å². The Bertz CT molecular complexity index is 539. The molecular weight excluding hydrogens is 276 g/mol.